The lowest BCUT2D eigenvalue weighted by Crippen LogP contribution is -2.13. The van der Waals surface area contributed by atoms with Gasteiger partial charge in [-0.25, -0.2) is 9.78 Å². The molecule has 1 amide bonds. The van der Waals surface area contributed by atoms with E-state index in [1.165, 1.54) is 11.3 Å². The smallest absolute Gasteiger partial charge is 0.358 e. The highest BCUT2D eigenvalue weighted by Crippen LogP contribution is 2.22. The zero-order chi connectivity index (χ0) is 12.1. The van der Waals surface area contributed by atoms with Crippen molar-refractivity contribution < 1.29 is 14.3 Å². The molecule has 1 aromatic heterocycles. The number of halogens is 1. The molecule has 0 saturated carbocycles. The number of nitrogens with zero attached hydrogens (tertiary/aromatic N) is 1. The molecule has 0 aliphatic heterocycles. The molecule has 0 bridgehead atoms. The molecule has 0 unspecified atom stereocenters. The van der Waals surface area contributed by atoms with Crippen LogP contribution in [0.15, 0.2) is 0 Å². The molecule has 0 spiro atoms. The Morgan fingerprint density at radius 3 is 2.81 bits per heavy atom. The van der Waals surface area contributed by atoms with E-state index in [1.54, 1.807) is 13.8 Å². The summed E-state index contributed by atoms with van der Waals surface area (Å²) in [6.07, 6.45) is 0. The van der Waals surface area contributed by atoms with Gasteiger partial charge < -0.3 is 10.1 Å². The molecule has 0 aliphatic rings. The van der Waals surface area contributed by atoms with Gasteiger partial charge in [0.25, 0.3) is 0 Å². The van der Waals surface area contributed by atoms with Gasteiger partial charge in [0.2, 0.25) is 5.91 Å². The number of nitrogens with one attached hydrogen (secondary N) is 1. The third-order valence-corrected chi connectivity index (χ3v) is 2.76. The summed E-state index contributed by atoms with van der Waals surface area (Å²) in [5, 5.41) is 2.83. The molecule has 1 heterocycles. The first-order valence-electron chi connectivity index (χ1n) is 4.58. The summed E-state index contributed by atoms with van der Waals surface area (Å²) in [5.74, 6) is -0.985. The predicted octanol–water partition coefficient (Wildman–Crippen LogP) is 1.81. The number of carbonyl (C=O) groups excluding carboxylic acids is 2. The maximum absolute atomic E-state index is 11.4. The van der Waals surface area contributed by atoms with E-state index in [0.29, 0.717) is 16.6 Å². The van der Waals surface area contributed by atoms with Crippen molar-refractivity contribution in [2.24, 2.45) is 0 Å². The number of rotatable bonds is 4. The van der Waals surface area contributed by atoms with Crippen molar-refractivity contribution in [3.8, 4) is 0 Å². The van der Waals surface area contributed by atoms with Gasteiger partial charge in [-0.3, -0.25) is 4.79 Å². The first kappa shape index (κ1) is 12.9. The fraction of sp³-hybridized carbons (Fsp3) is 0.444. The minimum Gasteiger partial charge on any atom is -0.461 e. The minimum absolute atomic E-state index is 0.145. The van der Waals surface area contributed by atoms with Crippen molar-refractivity contribution in [3.63, 3.8) is 0 Å². The number of amides is 1. The Bertz CT molecular complexity index is 405. The molecule has 0 saturated heterocycles. The van der Waals surface area contributed by atoms with Gasteiger partial charge in [-0.1, -0.05) is 0 Å². The summed E-state index contributed by atoms with van der Waals surface area (Å²) in [4.78, 5) is 27.1. The van der Waals surface area contributed by atoms with Crippen LogP contribution in [0.5, 0.6) is 0 Å². The molecule has 1 aromatic rings. The Morgan fingerprint density at radius 1 is 1.56 bits per heavy atom. The molecular formula is C9H11ClN2O3S. The molecule has 7 heteroatoms. The second kappa shape index (κ2) is 5.81. The SMILES string of the molecule is CCOC(=O)c1nc(NC(=O)CCl)sc1C. The molecule has 0 aliphatic carbocycles. The van der Waals surface area contributed by atoms with E-state index in [9.17, 15) is 9.59 Å². The lowest BCUT2D eigenvalue weighted by molar-refractivity contribution is -0.113. The van der Waals surface area contributed by atoms with Gasteiger partial charge in [0.05, 0.1) is 6.61 Å². The number of alkyl halides is 1. The normalized spacial score (nSPS) is 9.94. The Morgan fingerprint density at radius 2 is 2.25 bits per heavy atom. The summed E-state index contributed by atoms with van der Waals surface area (Å²) < 4.78 is 4.82. The largest absolute Gasteiger partial charge is 0.461 e. The summed E-state index contributed by atoms with van der Waals surface area (Å²) in [5.41, 5.74) is 0.233. The molecule has 1 N–H and O–H groups in total. The van der Waals surface area contributed by atoms with E-state index >= 15 is 0 Å². The second-order valence-corrected chi connectivity index (χ2v) is 4.30. The topological polar surface area (TPSA) is 68.3 Å². The van der Waals surface area contributed by atoms with Crippen LogP contribution in [0.2, 0.25) is 0 Å². The van der Waals surface area contributed by atoms with Crippen LogP contribution in [0.3, 0.4) is 0 Å². The van der Waals surface area contributed by atoms with Gasteiger partial charge in [0.1, 0.15) is 5.88 Å². The second-order valence-electron chi connectivity index (χ2n) is 2.83. The average Bonchev–Trinajstić information content (AvgIpc) is 2.59. The number of aryl methyl sites for hydroxylation is 1. The highest BCUT2D eigenvalue weighted by Gasteiger charge is 2.17. The van der Waals surface area contributed by atoms with Gasteiger partial charge in [-0.2, -0.15) is 0 Å². The van der Waals surface area contributed by atoms with E-state index in [-0.39, 0.29) is 17.5 Å². The number of hydrogen-bond acceptors (Lipinski definition) is 5. The number of carbonyl (C=O) groups is 2. The lowest BCUT2D eigenvalue weighted by Gasteiger charge is -1.98. The molecule has 0 radical (unpaired) electrons. The van der Waals surface area contributed by atoms with Crippen molar-refractivity contribution in [3.05, 3.63) is 10.6 Å². The van der Waals surface area contributed by atoms with Crippen LogP contribution in [0, 0.1) is 6.92 Å². The van der Waals surface area contributed by atoms with Gasteiger partial charge in [-0.05, 0) is 13.8 Å². The first-order valence-corrected chi connectivity index (χ1v) is 5.94. The number of anilines is 1. The summed E-state index contributed by atoms with van der Waals surface area (Å²) in [6.45, 7) is 3.75. The van der Waals surface area contributed by atoms with E-state index in [2.05, 4.69) is 10.3 Å². The minimum atomic E-state index is -0.484. The van der Waals surface area contributed by atoms with Crippen LogP contribution < -0.4 is 5.32 Å². The number of hydrogen-bond donors (Lipinski definition) is 1. The van der Waals surface area contributed by atoms with Gasteiger partial charge in [0.15, 0.2) is 10.8 Å². The molecule has 5 nitrogen and oxygen atoms in total. The number of aromatic nitrogens is 1. The van der Waals surface area contributed by atoms with E-state index in [1.807, 2.05) is 0 Å². The third-order valence-electron chi connectivity index (χ3n) is 1.63. The van der Waals surface area contributed by atoms with Gasteiger partial charge in [-0.15, -0.1) is 22.9 Å². The predicted molar refractivity (Wildman–Crippen MR) is 62.2 cm³/mol. The standard InChI is InChI=1S/C9H11ClN2O3S/c1-3-15-8(14)7-5(2)16-9(12-7)11-6(13)4-10/h3-4H2,1-2H3,(H,11,12,13). The molecule has 16 heavy (non-hydrogen) atoms. The van der Waals surface area contributed by atoms with Crippen LogP contribution in [-0.2, 0) is 9.53 Å². The van der Waals surface area contributed by atoms with Crippen molar-refractivity contribution in [1.29, 1.82) is 0 Å². The lowest BCUT2D eigenvalue weighted by atomic mass is 10.4. The fourth-order valence-electron chi connectivity index (χ4n) is 0.991. The van der Waals surface area contributed by atoms with Crippen LogP contribution in [-0.4, -0.2) is 29.3 Å². The summed E-state index contributed by atoms with van der Waals surface area (Å²) in [6, 6.07) is 0. The van der Waals surface area contributed by atoms with Crippen molar-refractivity contribution >= 4 is 39.9 Å². The van der Waals surface area contributed by atoms with Crippen molar-refractivity contribution in [2.75, 3.05) is 17.8 Å². The Kier molecular flexibility index (Phi) is 4.70. The number of ether oxygens (including phenoxy) is 1. The van der Waals surface area contributed by atoms with Crippen molar-refractivity contribution in [1.82, 2.24) is 4.98 Å². The van der Waals surface area contributed by atoms with E-state index < -0.39 is 5.97 Å². The highest BCUT2D eigenvalue weighted by molar-refractivity contribution is 7.16. The Hall–Kier alpha value is -1.14. The van der Waals surface area contributed by atoms with Gasteiger partial charge >= 0.3 is 5.97 Å². The molecule has 0 aromatic carbocycles. The zero-order valence-corrected chi connectivity index (χ0v) is 10.4. The monoisotopic (exact) mass is 262 g/mol. The van der Waals surface area contributed by atoms with Crippen molar-refractivity contribution in [2.45, 2.75) is 13.8 Å². The maximum atomic E-state index is 11.4. The molecule has 1 rings (SSSR count). The fourth-order valence-corrected chi connectivity index (χ4v) is 1.88. The number of thiazole rings is 1. The van der Waals surface area contributed by atoms with Gasteiger partial charge in [0, 0.05) is 4.88 Å². The molecule has 0 fully saturated rings. The van der Waals surface area contributed by atoms with Crippen LogP contribution in [0.25, 0.3) is 0 Å². The van der Waals surface area contributed by atoms with E-state index in [0.717, 1.165) is 0 Å². The first-order chi connectivity index (χ1) is 7.58. The van der Waals surface area contributed by atoms with E-state index in [4.69, 9.17) is 16.3 Å². The van der Waals surface area contributed by atoms with Crippen LogP contribution in [0.4, 0.5) is 5.13 Å². The summed E-state index contributed by atoms with van der Waals surface area (Å²) >= 11 is 6.54. The average molecular weight is 263 g/mol. The highest BCUT2D eigenvalue weighted by atomic mass is 35.5. The Balaban J connectivity index is 2.81. The third kappa shape index (κ3) is 3.18. The maximum Gasteiger partial charge on any atom is 0.358 e. The quantitative estimate of drug-likeness (QED) is 0.664. The van der Waals surface area contributed by atoms with Crippen LogP contribution in [0.1, 0.15) is 22.3 Å². The zero-order valence-electron chi connectivity index (χ0n) is 8.87. The molecular weight excluding hydrogens is 252 g/mol. The number of esters is 1. The summed E-state index contributed by atoms with van der Waals surface area (Å²) in [7, 11) is 0. The molecule has 0 atom stereocenters. The van der Waals surface area contributed by atoms with Crippen LogP contribution >= 0.6 is 22.9 Å². The Labute approximate surface area is 102 Å². The molecule has 88 valence electrons.